The predicted molar refractivity (Wildman–Crippen MR) is 101 cm³/mol. The number of morpholine rings is 1. The summed E-state index contributed by atoms with van der Waals surface area (Å²) in [5.74, 6) is 0.646. The van der Waals surface area contributed by atoms with E-state index in [2.05, 4.69) is 16.3 Å². The molecule has 1 saturated heterocycles. The molecule has 0 atom stereocenters. The Labute approximate surface area is 154 Å². The zero-order valence-corrected chi connectivity index (χ0v) is 15.1. The Morgan fingerprint density at radius 3 is 2.62 bits per heavy atom. The molecular formula is C21H27FN2O2. The van der Waals surface area contributed by atoms with E-state index >= 15 is 0 Å². The molecule has 0 aliphatic carbocycles. The van der Waals surface area contributed by atoms with Gasteiger partial charge in [0.05, 0.1) is 13.2 Å². The van der Waals surface area contributed by atoms with E-state index in [0.717, 1.165) is 69.2 Å². The summed E-state index contributed by atoms with van der Waals surface area (Å²) in [6, 6.07) is 14.5. The first-order chi connectivity index (χ1) is 12.8. The van der Waals surface area contributed by atoms with Gasteiger partial charge in [-0.2, -0.15) is 0 Å². The Kier molecular flexibility index (Phi) is 7.43. The van der Waals surface area contributed by atoms with Gasteiger partial charge in [-0.1, -0.05) is 30.3 Å². The molecule has 140 valence electrons. The Morgan fingerprint density at radius 2 is 1.81 bits per heavy atom. The molecule has 3 rings (SSSR count). The van der Waals surface area contributed by atoms with Crippen molar-refractivity contribution >= 4 is 0 Å². The minimum absolute atomic E-state index is 0.226. The average molecular weight is 358 g/mol. The number of para-hydroxylation sites is 1. The summed E-state index contributed by atoms with van der Waals surface area (Å²) in [4.78, 5) is 2.45. The molecule has 1 N–H and O–H groups in total. The van der Waals surface area contributed by atoms with Crippen LogP contribution in [0.15, 0.2) is 48.5 Å². The molecule has 0 unspecified atom stereocenters. The smallest absolute Gasteiger partial charge is 0.124 e. The van der Waals surface area contributed by atoms with Gasteiger partial charge in [-0.25, -0.2) is 4.39 Å². The molecule has 0 spiro atoms. The minimum Gasteiger partial charge on any atom is -0.489 e. The molecule has 1 heterocycles. The Balaban J connectivity index is 1.41. The standard InChI is InChI=1S/C21H27FN2O2/c22-20-8-6-18(7-9-20)17-26-21-5-2-1-4-19(21)16-23-10-3-11-24-12-14-25-15-13-24/h1-2,4-9,23H,3,10-17H2. The molecule has 1 aliphatic heterocycles. The zero-order chi connectivity index (χ0) is 18.0. The molecule has 2 aromatic rings. The lowest BCUT2D eigenvalue weighted by molar-refractivity contribution is 0.0374. The molecule has 1 aliphatic rings. The summed E-state index contributed by atoms with van der Waals surface area (Å²) < 4.78 is 24.3. The van der Waals surface area contributed by atoms with Crippen molar-refractivity contribution in [2.45, 2.75) is 19.6 Å². The summed E-state index contributed by atoms with van der Waals surface area (Å²) in [6.45, 7) is 7.10. The van der Waals surface area contributed by atoms with Crippen LogP contribution in [0.1, 0.15) is 17.5 Å². The van der Waals surface area contributed by atoms with E-state index in [1.54, 1.807) is 12.1 Å². The summed E-state index contributed by atoms with van der Waals surface area (Å²) in [5.41, 5.74) is 2.10. The van der Waals surface area contributed by atoms with E-state index in [0.29, 0.717) is 6.61 Å². The second-order valence-electron chi connectivity index (χ2n) is 6.51. The fourth-order valence-corrected chi connectivity index (χ4v) is 3.01. The van der Waals surface area contributed by atoms with Crippen molar-refractivity contribution in [2.24, 2.45) is 0 Å². The molecule has 0 aromatic heterocycles. The molecule has 1 fully saturated rings. The van der Waals surface area contributed by atoms with E-state index in [9.17, 15) is 4.39 Å². The van der Waals surface area contributed by atoms with Crippen LogP contribution in [0.4, 0.5) is 4.39 Å². The third kappa shape index (κ3) is 6.09. The number of benzene rings is 2. The molecule has 2 aromatic carbocycles. The lowest BCUT2D eigenvalue weighted by Crippen LogP contribution is -2.37. The van der Waals surface area contributed by atoms with E-state index in [4.69, 9.17) is 9.47 Å². The van der Waals surface area contributed by atoms with Crippen LogP contribution < -0.4 is 10.1 Å². The van der Waals surface area contributed by atoms with Crippen molar-refractivity contribution in [3.63, 3.8) is 0 Å². The molecular weight excluding hydrogens is 331 g/mol. The van der Waals surface area contributed by atoms with Gasteiger partial charge < -0.3 is 14.8 Å². The molecule has 26 heavy (non-hydrogen) atoms. The van der Waals surface area contributed by atoms with E-state index in [-0.39, 0.29) is 5.82 Å². The van der Waals surface area contributed by atoms with Crippen LogP contribution in [0.5, 0.6) is 5.75 Å². The van der Waals surface area contributed by atoms with Crippen LogP contribution in [0, 0.1) is 5.82 Å². The average Bonchev–Trinajstić information content (AvgIpc) is 2.69. The van der Waals surface area contributed by atoms with Crippen LogP contribution in [-0.4, -0.2) is 44.3 Å². The maximum absolute atomic E-state index is 13.0. The molecule has 0 radical (unpaired) electrons. The maximum Gasteiger partial charge on any atom is 0.124 e. The zero-order valence-electron chi connectivity index (χ0n) is 15.1. The van der Waals surface area contributed by atoms with Crippen LogP contribution in [0.25, 0.3) is 0 Å². The molecule has 0 saturated carbocycles. The summed E-state index contributed by atoms with van der Waals surface area (Å²) in [5, 5.41) is 3.50. The van der Waals surface area contributed by atoms with Crippen molar-refractivity contribution in [2.75, 3.05) is 39.4 Å². The second-order valence-corrected chi connectivity index (χ2v) is 6.51. The normalized spacial score (nSPS) is 15.1. The first-order valence-corrected chi connectivity index (χ1v) is 9.27. The number of rotatable bonds is 9. The third-order valence-electron chi connectivity index (χ3n) is 4.53. The van der Waals surface area contributed by atoms with Crippen molar-refractivity contribution in [3.8, 4) is 5.75 Å². The van der Waals surface area contributed by atoms with Gasteiger partial charge in [0.15, 0.2) is 0 Å². The van der Waals surface area contributed by atoms with Crippen LogP contribution in [0.2, 0.25) is 0 Å². The van der Waals surface area contributed by atoms with Crippen molar-refractivity contribution < 1.29 is 13.9 Å². The van der Waals surface area contributed by atoms with E-state index < -0.39 is 0 Å². The van der Waals surface area contributed by atoms with Crippen LogP contribution in [0.3, 0.4) is 0 Å². The second kappa shape index (κ2) is 10.3. The predicted octanol–water partition coefficient (Wildman–Crippen LogP) is 3.22. The summed E-state index contributed by atoms with van der Waals surface area (Å²) >= 11 is 0. The van der Waals surface area contributed by atoms with Crippen molar-refractivity contribution in [1.82, 2.24) is 10.2 Å². The minimum atomic E-state index is -0.226. The molecule has 5 heteroatoms. The molecule has 0 bridgehead atoms. The number of nitrogens with one attached hydrogen (secondary N) is 1. The summed E-state index contributed by atoms with van der Waals surface area (Å²) in [7, 11) is 0. The van der Waals surface area contributed by atoms with Gasteiger partial charge in [-0.3, -0.25) is 4.90 Å². The number of hydrogen-bond donors (Lipinski definition) is 1. The molecule has 0 amide bonds. The van der Waals surface area contributed by atoms with Gasteiger partial charge in [0.1, 0.15) is 18.2 Å². The van der Waals surface area contributed by atoms with Gasteiger partial charge in [0.2, 0.25) is 0 Å². The lowest BCUT2D eigenvalue weighted by Gasteiger charge is -2.26. The Hall–Kier alpha value is -1.95. The summed E-state index contributed by atoms with van der Waals surface area (Å²) in [6.07, 6.45) is 1.12. The highest BCUT2D eigenvalue weighted by molar-refractivity contribution is 5.33. The monoisotopic (exact) mass is 358 g/mol. The fourth-order valence-electron chi connectivity index (χ4n) is 3.01. The van der Waals surface area contributed by atoms with Crippen molar-refractivity contribution in [3.05, 3.63) is 65.5 Å². The van der Waals surface area contributed by atoms with Gasteiger partial charge in [0, 0.05) is 25.2 Å². The fraction of sp³-hybridized carbons (Fsp3) is 0.429. The number of halogens is 1. The van der Waals surface area contributed by atoms with Gasteiger partial charge in [-0.05, 0) is 43.3 Å². The maximum atomic E-state index is 13.0. The highest BCUT2D eigenvalue weighted by atomic mass is 19.1. The Morgan fingerprint density at radius 1 is 1.04 bits per heavy atom. The quantitative estimate of drug-likeness (QED) is 0.698. The molecule has 4 nitrogen and oxygen atoms in total. The third-order valence-corrected chi connectivity index (χ3v) is 4.53. The number of hydrogen-bond acceptors (Lipinski definition) is 4. The SMILES string of the molecule is Fc1ccc(COc2ccccc2CNCCCN2CCOCC2)cc1. The van der Waals surface area contributed by atoms with Crippen LogP contribution >= 0.6 is 0 Å². The lowest BCUT2D eigenvalue weighted by atomic mass is 10.2. The first kappa shape index (κ1) is 18.8. The van der Waals surface area contributed by atoms with Gasteiger partial charge in [-0.15, -0.1) is 0 Å². The van der Waals surface area contributed by atoms with E-state index in [1.807, 2.05) is 18.2 Å². The van der Waals surface area contributed by atoms with Crippen LogP contribution in [-0.2, 0) is 17.9 Å². The first-order valence-electron chi connectivity index (χ1n) is 9.27. The van der Waals surface area contributed by atoms with Gasteiger partial charge in [0.25, 0.3) is 0 Å². The highest BCUT2D eigenvalue weighted by Crippen LogP contribution is 2.19. The Bertz CT molecular complexity index is 657. The van der Waals surface area contributed by atoms with Gasteiger partial charge >= 0.3 is 0 Å². The topological polar surface area (TPSA) is 33.7 Å². The highest BCUT2D eigenvalue weighted by Gasteiger charge is 2.09. The number of nitrogens with zero attached hydrogens (tertiary/aromatic N) is 1. The van der Waals surface area contributed by atoms with Crippen molar-refractivity contribution in [1.29, 1.82) is 0 Å². The van der Waals surface area contributed by atoms with E-state index in [1.165, 1.54) is 12.1 Å². The number of ether oxygens (including phenoxy) is 2. The largest absolute Gasteiger partial charge is 0.489 e.